The Bertz CT molecular complexity index is 1120. The summed E-state index contributed by atoms with van der Waals surface area (Å²) >= 11 is 1.56. The number of carboxylic acids is 1. The summed E-state index contributed by atoms with van der Waals surface area (Å²) in [6, 6.07) is 4.35. The van der Waals surface area contributed by atoms with Crippen LogP contribution in [0.3, 0.4) is 0 Å². The van der Waals surface area contributed by atoms with Crippen molar-refractivity contribution in [1.82, 2.24) is 26.3 Å². The fourth-order valence-electron chi connectivity index (χ4n) is 4.62. The van der Waals surface area contributed by atoms with Crippen LogP contribution in [0.2, 0.25) is 0 Å². The van der Waals surface area contributed by atoms with E-state index in [4.69, 9.17) is 0 Å². The Balaban J connectivity index is 1.83. The fourth-order valence-corrected chi connectivity index (χ4v) is 5.10. The molecule has 2 aromatic rings. The van der Waals surface area contributed by atoms with Crippen molar-refractivity contribution < 1.29 is 24.3 Å². The van der Waals surface area contributed by atoms with Crippen molar-refractivity contribution in [2.24, 2.45) is 5.92 Å². The number of aromatic amines is 1. The largest absolute Gasteiger partial charge is 0.480 e. The first-order valence-electron chi connectivity index (χ1n) is 13.2. The molecule has 5 unspecified atom stereocenters. The average Bonchev–Trinajstić information content (AvgIpc) is 3.59. The van der Waals surface area contributed by atoms with Crippen molar-refractivity contribution in [1.29, 1.82) is 0 Å². The summed E-state index contributed by atoms with van der Waals surface area (Å²) < 4.78 is 0. The van der Waals surface area contributed by atoms with Gasteiger partial charge in [0, 0.05) is 23.5 Å². The second-order valence-corrected chi connectivity index (χ2v) is 10.8. The standard InChI is InChI=1S/C27H39N5O5S/c1-4-16(2)23(27(36)37)32-26(35)22(14-17-15-29-19-9-6-5-8-18(17)19)31-25(34)21(11-13-38-3)30-24(33)20-10-7-12-28-20/h5-6,8-9,15-16,20-23,28-29H,4,7,10-14H2,1-3H3,(H,30,33)(H,31,34)(H,32,35)(H,36,37). The second-order valence-electron chi connectivity index (χ2n) is 9.83. The molecule has 0 aliphatic carbocycles. The van der Waals surface area contributed by atoms with Crippen LogP contribution < -0.4 is 21.3 Å². The van der Waals surface area contributed by atoms with Gasteiger partial charge >= 0.3 is 5.97 Å². The van der Waals surface area contributed by atoms with E-state index in [1.165, 1.54) is 0 Å². The topological polar surface area (TPSA) is 152 Å². The highest BCUT2D eigenvalue weighted by molar-refractivity contribution is 7.98. The van der Waals surface area contributed by atoms with Gasteiger partial charge in [0.25, 0.3) is 0 Å². The van der Waals surface area contributed by atoms with Gasteiger partial charge in [-0.3, -0.25) is 14.4 Å². The summed E-state index contributed by atoms with van der Waals surface area (Å²) in [5.41, 5.74) is 1.71. The van der Waals surface area contributed by atoms with E-state index >= 15 is 0 Å². The van der Waals surface area contributed by atoms with E-state index in [2.05, 4.69) is 26.3 Å². The molecule has 0 spiro atoms. The minimum Gasteiger partial charge on any atom is -0.480 e. The first-order chi connectivity index (χ1) is 18.2. The summed E-state index contributed by atoms with van der Waals surface area (Å²) in [5, 5.41) is 22.1. The molecule has 5 atom stereocenters. The molecule has 1 aliphatic heterocycles. The predicted molar refractivity (Wildman–Crippen MR) is 149 cm³/mol. The quantitative estimate of drug-likeness (QED) is 0.212. The number of para-hydroxylation sites is 1. The van der Waals surface area contributed by atoms with E-state index in [9.17, 15) is 24.3 Å². The van der Waals surface area contributed by atoms with Crippen LogP contribution in [0.4, 0.5) is 0 Å². The van der Waals surface area contributed by atoms with Crippen molar-refractivity contribution >= 4 is 46.4 Å². The minimum absolute atomic E-state index is 0.155. The number of hydrogen-bond acceptors (Lipinski definition) is 6. The number of hydrogen-bond donors (Lipinski definition) is 6. The predicted octanol–water partition coefficient (Wildman–Crippen LogP) is 1.80. The van der Waals surface area contributed by atoms with Crippen LogP contribution in [0, 0.1) is 5.92 Å². The van der Waals surface area contributed by atoms with Crippen molar-refractivity contribution in [2.45, 2.75) is 70.1 Å². The van der Waals surface area contributed by atoms with Crippen LogP contribution in [-0.2, 0) is 25.6 Å². The highest BCUT2D eigenvalue weighted by atomic mass is 32.2. The normalized spacial score (nSPS) is 18.3. The highest BCUT2D eigenvalue weighted by Gasteiger charge is 2.33. The van der Waals surface area contributed by atoms with Crippen LogP contribution in [0.1, 0.15) is 45.1 Å². The van der Waals surface area contributed by atoms with Gasteiger partial charge in [0.1, 0.15) is 18.1 Å². The van der Waals surface area contributed by atoms with Crippen LogP contribution >= 0.6 is 11.8 Å². The van der Waals surface area contributed by atoms with E-state index in [1.807, 2.05) is 37.4 Å². The Labute approximate surface area is 227 Å². The molecule has 10 nitrogen and oxygen atoms in total. The third-order valence-corrected chi connectivity index (χ3v) is 7.77. The Hall–Kier alpha value is -3.05. The smallest absolute Gasteiger partial charge is 0.326 e. The van der Waals surface area contributed by atoms with E-state index in [-0.39, 0.29) is 24.3 Å². The van der Waals surface area contributed by atoms with Crippen molar-refractivity contribution in [3.05, 3.63) is 36.0 Å². The molecule has 208 valence electrons. The molecule has 1 aliphatic rings. The first-order valence-corrected chi connectivity index (χ1v) is 14.6. The number of amides is 3. The number of carbonyl (C=O) groups excluding carboxylic acids is 3. The van der Waals surface area contributed by atoms with Gasteiger partial charge in [-0.1, -0.05) is 38.5 Å². The number of aromatic nitrogens is 1. The van der Waals surface area contributed by atoms with E-state index < -0.39 is 35.9 Å². The Morgan fingerprint density at radius 1 is 1.11 bits per heavy atom. The van der Waals surface area contributed by atoms with E-state index in [1.54, 1.807) is 24.9 Å². The van der Waals surface area contributed by atoms with Gasteiger partial charge in [-0.05, 0) is 55.4 Å². The zero-order chi connectivity index (χ0) is 27.7. The minimum atomic E-state index is -1.13. The molecule has 0 saturated carbocycles. The van der Waals surface area contributed by atoms with Gasteiger partial charge in [0.2, 0.25) is 17.7 Å². The lowest BCUT2D eigenvalue weighted by Gasteiger charge is -2.26. The number of carbonyl (C=O) groups is 4. The summed E-state index contributed by atoms with van der Waals surface area (Å²) in [6.07, 6.45) is 6.44. The van der Waals surface area contributed by atoms with Gasteiger partial charge in [-0.25, -0.2) is 4.79 Å². The molecule has 1 aromatic carbocycles. The van der Waals surface area contributed by atoms with Crippen LogP contribution in [-0.4, -0.2) is 76.5 Å². The van der Waals surface area contributed by atoms with Gasteiger partial charge in [0.15, 0.2) is 0 Å². The Morgan fingerprint density at radius 2 is 1.84 bits per heavy atom. The average molecular weight is 546 g/mol. The summed E-state index contributed by atoms with van der Waals surface area (Å²) in [4.78, 5) is 54.7. The number of H-pyrrole nitrogens is 1. The zero-order valence-electron chi connectivity index (χ0n) is 22.2. The lowest BCUT2D eigenvalue weighted by atomic mass is 9.98. The number of nitrogens with one attached hydrogen (secondary N) is 5. The molecule has 3 amide bonds. The number of fused-ring (bicyclic) bond motifs is 1. The monoisotopic (exact) mass is 545 g/mol. The molecule has 38 heavy (non-hydrogen) atoms. The molecule has 1 saturated heterocycles. The fraction of sp³-hybridized carbons (Fsp3) is 0.556. The maximum Gasteiger partial charge on any atom is 0.326 e. The molecule has 1 aromatic heterocycles. The zero-order valence-corrected chi connectivity index (χ0v) is 23.0. The number of rotatable bonds is 14. The maximum atomic E-state index is 13.5. The summed E-state index contributed by atoms with van der Waals surface area (Å²) in [6.45, 7) is 4.38. The molecule has 0 bridgehead atoms. The van der Waals surface area contributed by atoms with Crippen LogP contribution in [0.25, 0.3) is 10.9 Å². The third-order valence-electron chi connectivity index (χ3n) is 7.13. The molecule has 3 rings (SSSR count). The highest BCUT2D eigenvalue weighted by Crippen LogP contribution is 2.20. The van der Waals surface area contributed by atoms with Gasteiger partial charge in [-0.15, -0.1) is 0 Å². The molecule has 1 fully saturated rings. The number of carboxylic acid groups (broad SMARTS) is 1. The summed E-state index contributed by atoms with van der Waals surface area (Å²) in [5.74, 6) is -2.06. The maximum absolute atomic E-state index is 13.5. The molecule has 2 heterocycles. The van der Waals surface area contributed by atoms with Crippen molar-refractivity contribution in [2.75, 3.05) is 18.6 Å². The van der Waals surface area contributed by atoms with Gasteiger partial charge in [0.05, 0.1) is 6.04 Å². The van der Waals surface area contributed by atoms with Crippen molar-refractivity contribution in [3.8, 4) is 0 Å². The number of aliphatic carboxylic acids is 1. The summed E-state index contributed by atoms with van der Waals surface area (Å²) in [7, 11) is 0. The van der Waals surface area contributed by atoms with Crippen LogP contribution in [0.15, 0.2) is 30.5 Å². The first kappa shape index (κ1) is 29.5. The lowest BCUT2D eigenvalue weighted by Crippen LogP contribution is -2.58. The van der Waals surface area contributed by atoms with E-state index in [0.717, 1.165) is 29.4 Å². The van der Waals surface area contributed by atoms with Crippen molar-refractivity contribution in [3.63, 3.8) is 0 Å². The van der Waals surface area contributed by atoms with Gasteiger partial charge < -0.3 is 31.4 Å². The molecule has 6 N–H and O–H groups in total. The lowest BCUT2D eigenvalue weighted by molar-refractivity contribution is -0.143. The number of thioether (sulfide) groups is 1. The SMILES string of the molecule is CCC(C)C(NC(=O)C(Cc1c[nH]c2ccccc12)NC(=O)C(CCSC)NC(=O)C1CCCN1)C(=O)O. The Kier molecular flexibility index (Phi) is 11.0. The second kappa shape index (κ2) is 14.2. The molecule has 11 heteroatoms. The van der Waals surface area contributed by atoms with E-state index in [0.29, 0.717) is 25.0 Å². The van der Waals surface area contributed by atoms with Crippen LogP contribution in [0.5, 0.6) is 0 Å². The number of benzene rings is 1. The molecule has 0 radical (unpaired) electrons. The molecular weight excluding hydrogens is 506 g/mol. The third kappa shape index (κ3) is 7.73. The molecular formula is C27H39N5O5S. The van der Waals surface area contributed by atoms with Gasteiger partial charge in [-0.2, -0.15) is 11.8 Å². The Morgan fingerprint density at radius 3 is 2.50 bits per heavy atom.